The molecule has 1 aliphatic rings. The van der Waals surface area contributed by atoms with Crippen LogP contribution in [0.2, 0.25) is 0 Å². The van der Waals surface area contributed by atoms with E-state index in [1.807, 2.05) is 31.2 Å². The largest absolute Gasteiger partial charge is 0.493 e. The first-order valence-electron chi connectivity index (χ1n) is 8.46. The van der Waals surface area contributed by atoms with Gasteiger partial charge < -0.3 is 14.8 Å². The quantitative estimate of drug-likeness (QED) is 0.500. The van der Waals surface area contributed by atoms with Crippen molar-refractivity contribution in [2.24, 2.45) is 0 Å². The fraction of sp³-hybridized carbons (Fsp3) is 0.182. The number of rotatable bonds is 3. The van der Waals surface area contributed by atoms with Crippen molar-refractivity contribution in [3.05, 3.63) is 71.3 Å². The van der Waals surface area contributed by atoms with Crippen LogP contribution in [0.25, 0.3) is 22.5 Å². The van der Waals surface area contributed by atoms with Crippen molar-refractivity contribution in [1.29, 1.82) is 0 Å². The monoisotopic (exact) mass is 365 g/mol. The number of alkyl halides is 1. The molecule has 26 heavy (non-hydrogen) atoms. The fourth-order valence-corrected chi connectivity index (χ4v) is 3.71. The van der Waals surface area contributed by atoms with E-state index in [4.69, 9.17) is 21.1 Å². The maximum Gasteiger partial charge on any atom is 0.161 e. The second-order valence-corrected chi connectivity index (χ2v) is 7.30. The van der Waals surface area contributed by atoms with Crippen LogP contribution in [0.1, 0.15) is 23.6 Å². The molecule has 132 valence electrons. The second kappa shape index (κ2) is 6.26. The minimum absolute atomic E-state index is 0.669. The third kappa shape index (κ3) is 2.78. The van der Waals surface area contributed by atoms with E-state index < -0.39 is 5.00 Å². The molecule has 3 aromatic rings. The first kappa shape index (κ1) is 16.8. The molecule has 1 N–H and O–H groups in total. The Bertz CT molecular complexity index is 1020. The molecule has 1 heterocycles. The number of halogens is 1. The third-order valence-corrected chi connectivity index (χ3v) is 5.09. The van der Waals surface area contributed by atoms with Crippen LogP contribution in [0.5, 0.6) is 11.5 Å². The highest BCUT2D eigenvalue weighted by molar-refractivity contribution is 6.25. The molecule has 0 spiro atoms. The Morgan fingerprint density at radius 2 is 1.58 bits per heavy atom. The number of ether oxygens (including phenoxy) is 2. The van der Waals surface area contributed by atoms with Gasteiger partial charge >= 0.3 is 0 Å². The summed E-state index contributed by atoms with van der Waals surface area (Å²) in [6.45, 7) is 1.95. The van der Waals surface area contributed by atoms with Crippen LogP contribution in [0.3, 0.4) is 0 Å². The predicted octanol–water partition coefficient (Wildman–Crippen LogP) is 5.37. The maximum atomic E-state index is 6.84. The summed E-state index contributed by atoms with van der Waals surface area (Å²) in [6, 6.07) is 18.6. The average Bonchev–Trinajstić information content (AvgIpc) is 2.66. The smallest absolute Gasteiger partial charge is 0.161 e. The van der Waals surface area contributed by atoms with Crippen molar-refractivity contribution in [2.45, 2.75) is 11.9 Å². The Labute approximate surface area is 158 Å². The van der Waals surface area contributed by atoms with Crippen molar-refractivity contribution in [1.82, 2.24) is 5.32 Å². The van der Waals surface area contributed by atoms with Gasteiger partial charge in [-0.25, -0.2) is 0 Å². The van der Waals surface area contributed by atoms with Crippen molar-refractivity contribution in [3.8, 4) is 11.5 Å². The Kier molecular flexibility index (Phi) is 4.04. The molecule has 0 bridgehead atoms. The standard InChI is InChI=1S/C22H20ClNO2/c1-22(23)18-13-21(26-3)20(25-2)12-17(18)11-19(24-22)16-9-8-14-6-4-5-7-15(14)10-16/h4-13,24H,1-3H3. The number of hydrogen-bond donors (Lipinski definition) is 1. The van der Waals surface area contributed by atoms with Gasteiger partial charge in [0.1, 0.15) is 5.00 Å². The molecule has 1 aliphatic heterocycles. The fourth-order valence-electron chi connectivity index (χ4n) is 3.44. The summed E-state index contributed by atoms with van der Waals surface area (Å²) in [5, 5.41) is 5.86. The van der Waals surface area contributed by atoms with Crippen LogP contribution < -0.4 is 14.8 Å². The van der Waals surface area contributed by atoms with Crippen molar-refractivity contribution in [2.75, 3.05) is 14.2 Å². The predicted molar refractivity (Wildman–Crippen MR) is 108 cm³/mol. The molecule has 0 radical (unpaired) electrons. The minimum atomic E-state index is -0.745. The van der Waals surface area contributed by atoms with Crippen LogP contribution >= 0.6 is 11.6 Å². The minimum Gasteiger partial charge on any atom is -0.493 e. The van der Waals surface area contributed by atoms with E-state index in [0.29, 0.717) is 11.5 Å². The molecule has 4 heteroatoms. The Balaban J connectivity index is 1.87. The number of methoxy groups -OCH3 is 2. The van der Waals surface area contributed by atoms with Gasteiger partial charge in [-0.1, -0.05) is 48.0 Å². The molecular formula is C22H20ClNO2. The molecule has 1 unspecified atom stereocenters. The summed E-state index contributed by atoms with van der Waals surface area (Å²) in [6.07, 6.45) is 2.10. The molecule has 0 aromatic heterocycles. The Morgan fingerprint density at radius 1 is 0.885 bits per heavy atom. The highest BCUT2D eigenvalue weighted by Gasteiger charge is 2.32. The molecule has 0 saturated heterocycles. The lowest BCUT2D eigenvalue weighted by Gasteiger charge is -2.33. The number of fused-ring (bicyclic) bond motifs is 2. The normalized spacial score (nSPS) is 18.7. The van der Waals surface area contributed by atoms with E-state index in [2.05, 4.69) is 41.7 Å². The lowest BCUT2D eigenvalue weighted by Crippen LogP contribution is -2.36. The van der Waals surface area contributed by atoms with Gasteiger partial charge in [0.05, 0.1) is 14.2 Å². The highest BCUT2D eigenvalue weighted by atomic mass is 35.5. The maximum absolute atomic E-state index is 6.84. The molecule has 0 fully saturated rings. The lowest BCUT2D eigenvalue weighted by molar-refractivity contribution is 0.353. The van der Waals surface area contributed by atoms with Crippen LogP contribution in [0.4, 0.5) is 0 Å². The zero-order valence-corrected chi connectivity index (χ0v) is 15.7. The lowest BCUT2D eigenvalue weighted by atomic mass is 9.93. The summed E-state index contributed by atoms with van der Waals surface area (Å²) in [5.41, 5.74) is 4.05. The Morgan fingerprint density at radius 3 is 2.31 bits per heavy atom. The summed E-state index contributed by atoms with van der Waals surface area (Å²) in [7, 11) is 3.27. The van der Waals surface area contributed by atoms with Gasteiger partial charge in [0, 0.05) is 11.3 Å². The van der Waals surface area contributed by atoms with Gasteiger partial charge in [-0.2, -0.15) is 0 Å². The van der Waals surface area contributed by atoms with E-state index in [0.717, 1.165) is 22.4 Å². The van der Waals surface area contributed by atoms with Gasteiger partial charge in [-0.3, -0.25) is 0 Å². The Hall–Kier alpha value is -2.65. The highest BCUT2D eigenvalue weighted by Crippen LogP contribution is 2.42. The van der Waals surface area contributed by atoms with Crippen LogP contribution in [0.15, 0.2) is 54.6 Å². The third-order valence-electron chi connectivity index (χ3n) is 4.79. The molecule has 0 aliphatic carbocycles. The topological polar surface area (TPSA) is 30.5 Å². The second-order valence-electron chi connectivity index (χ2n) is 6.54. The first-order chi connectivity index (χ1) is 12.5. The molecular weight excluding hydrogens is 346 g/mol. The van der Waals surface area contributed by atoms with Gasteiger partial charge in [0.25, 0.3) is 0 Å². The molecule has 0 saturated carbocycles. The first-order valence-corrected chi connectivity index (χ1v) is 8.84. The summed E-state index contributed by atoms with van der Waals surface area (Å²) < 4.78 is 10.9. The van der Waals surface area contributed by atoms with Gasteiger partial charge in [0.2, 0.25) is 0 Å². The molecule has 0 amide bonds. The van der Waals surface area contributed by atoms with E-state index in [1.165, 1.54) is 10.8 Å². The van der Waals surface area contributed by atoms with Gasteiger partial charge in [0.15, 0.2) is 11.5 Å². The van der Waals surface area contributed by atoms with E-state index >= 15 is 0 Å². The number of hydrogen-bond acceptors (Lipinski definition) is 3. The average molecular weight is 366 g/mol. The zero-order chi connectivity index (χ0) is 18.3. The van der Waals surface area contributed by atoms with E-state index in [9.17, 15) is 0 Å². The van der Waals surface area contributed by atoms with Crippen molar-refractivity contribution < 1.29 is 9.47 Å². The van der Waals surface area contributed by atoms with Crippen LogP contribution in [0, 0.1) is 0 Å². The van der Waals surface area contributed by atoms with Crippen molar-refractivity contribution in [3.63, 3.8) is 0 Å². The number of benzene rings is 3. The molecule has 4 rings (SSSR count). The summed E-state index contributed by atoms with van der Waals surface area (Å²) in [4.78, 5) is -0.745. The van der Waals surface area contributed by atoms with Crippen molar-refractivity contribution >= 4 is 34.1 Å². The molecule has 3 nitrogen and oxygen atoms in total. The van der Waals surface area contributed by atoms with Gasteiger partial charge in [-0.15, -0.1) is 0 Å². The SMILES string of the molecule is COc1cc2c(cc1OC)C(C)(Cl)NC(c1ccc3ccccc3c1)=C2. The van der Waals surface area contributed by atoms with E-state index in [-0.39, 0.29) is 0 Å². The van der Waals surface area contributed by atoms with Crippen LogP contribution in [-0.2, 0) is 5.00 Å². The van der Waals surface area contributed by atoms with Crippen LogP contribution in [-0.4, -0.2) is 14.2 Å². The molecule has 1 atom stereocenters. The summed E-state index contributed by atoms with van der Waals surface area (Å²) in [5.74, 6) is 1.36. The zero-order valence-electron chi connectivity index (χ0n) is 15.0. The van der Waals surface area contributed by atoms with E-state index in [1.54, 1.807) is 14.2 Å². The summed E-state index contributed by atoms with van der Waals surface area (Å²) >= 11 is 6.84. The van der Waals surface area contributed by atoms with Gasteiger partial charge in [-0.05, 0) is 53.1 Å². The molecule has 3 aromatic carbocycles. The number of nitrogens with one attached hydrogen (secondary N) is 1.